The van der Waals surface area contributed by atoms with E-state index in [4.69, 9.17) is 4.74 Å². The molecule has 220 valence electrons. The number of nitrogens with zero attached hydrogens (tertiary/aromatic N) is 3. The summed E-state index contributed by atoms with van der Waals surface area (Å²) in [5.74, 6) is 0.619. The van der Waals surface area contributed by atoms with Gasteiger partial charge in [0.2, 0.25) is 0 Å². The van der Waals surface area contributed by atoms with Gasteiger partial charge in [-0.3, -0.25) is 0 Å². The van der Waals surface area contributed by atoms with E-state index in [9.17, 15) is 10.5 Å². The van der Waals surface area contributed by atoms with E-state index in [1.165, 1.54) is 27.8 Å². The van der Waals surface area contributed by atoms with Gasteiger partial charge in [0.1, 0.15) is 11.9 Å². The van der Waals surface area contributed by atoms with Gasteiger partial charge in [-0.2, -0.15) is 10.5 Å². The summed E-state index contributed by atoms with van der Waals surface area (Å²) in [5, 5.41) is 22.3. The SMILES string of the molecule is CC1(C)c2ccccc2-c2c1ccc1c2OC2C=CC(C3=CC=CC(C#N)C3n3c4ccccc4c4cc(C#N)ccc43)=CC12C. The molecule has 4 heteroatoms. The van der Waals surface area contributed by atoms with Crippen LogP contribution in [0.25, 0.3) is 32.9 Å². The highest BCUT2D eigenvalue weighted by Gasteiger charge is 2.49. The van der Waals surface area contributed by atoms with Crippen molar-refractivity contribution in [2.75, 3.05) is 0 Å². The summed E-state index contributed by atoms with van der Waals surface area (Å²) in [4.78, 5) is 0. The quantitative estimate of drug-likeness (QED) is 0.205. The molecule has 0 fully saturated rings. The maximum Gasteiger partial charge on any atom is 0.132 e. The lowest BCUT2D eigenvalue weighted by atomic mass is 9.71. The normalized spacial score (nSPS) is 24.7. The number of hydrogen-bond donors (Lipinski definition) is 0. The van der Waals surface area contributed by atoms with Gasteiger partial charge in [-0.15, -0.1) is 0 Å². The Bertz CT molecular complexity index is 2380. The number of benzene rings is 4. The van der Waals surface area contributed by atoms with Crippen LogP contribution in [0.15, 0.2) is 126 Å². The van der Waals surface area contributed by atoms with Crippen LogP contribution in [-0.2, 0) is 10.8 Å². The van der Waals surface area contributed by atoms with Crippen LogP contribution in [0.1, 0.15) is 49.1 Å². The Morgan fingerprint density at radius 2 is 1.59 bits per heavy atom. The third kappa shape index (κ3) is 3.37. The van der Waals surface area contributed by atoms with Gasteiger partial charge >= 0.3 is 0 Å². The van der Waals surface area contributed by atoms with Gasteiger partial charge in [-0.25, -0.2) is 0 Å². The molecule has 4 aromatic carbocycles. The third-order valence-electron chi connectivity index (χ3n) is 10.9. The fourth-order valence-electron chi connectivity index (χ4n) is 8.58. The smallest absolute Gasteiger partial charge is 0.132 e. The molecule has 0 spiro atoms. The minimum absolute atomic E-state index is 0.0924. The summed E-state index contributed by atoms with van der Waals surface area (Å²) in [7, 11) is 0. The molecular formula is C42H31N3O. The molecule has 4 atom stereocenters. The van der Waals surface area contributed by atoms with Crippen molar-refractivity contribution >= 4 is 21.8 Å². The molecule has 5 aromatic rings. The molecule has 3 aliphatic carbocycles. The van der Waals surface area contributed by atoms with E-state index in [1.807, 2.05) is 42.5 Å². The highest BCUT2D eigenvalue weighted by Crippen LogP contribution is 2.59. The highest BCUT2D eigenvalue weighted by atomic mass is 16.5. The van der Waals surface area contributed by atoms with Gasteiger partial charge < -0.3 is 9.30 Å². The molecule has 4 unspecified atom stereocenters. The van der Waals surface area contributed by atoms with Gasteiger partial charge in [-0.1, -0.05) is 98.8 Å². The Kier molecular flexibility index (Phi) is 5.37. The first-order chi connectivity index (χ1) is 22.3. The monoisotopic (exact) mass is 593 g/mol. The van der Waals surface area contributed by atoms with E-state index in [2.05, 4.69) is 110 Å². The lowest BCUT2D eigenvalue weighted by molar-refractivity contribution is 0.228. The maximum absolute atomic E-state index is 10.5. The van der Waals surface area contributed by atoms with Crippen LogP contribution >= 0.6 is 0 Å². The van der Waals surface area contributed by atoms with Gasteiger partial charge in [0, 0.05) is 38.3 Å². The molecule has 0 saturated carbocycles. The number of rotatable bonds is 2. The zero-order valence-electron chi connectivity index (χ0n) is 26.0. The minimum atomic E-state index is -0.382. The number of fused-ring (bicyclic) bond motifs is 10. The fraction of sp³-hybridized carbons (Fsp3) is 0.190. The van der Waals surface area contributed by atoms with E-state index in [-0.39, 0.29) is 28.9 Å². The predicted octanol–water partition coefficient (Wildman–Crippen LogP) is 9.36. The molecule has 46 heavy (non-hydrogen) atoms. The Balaban J connectivity index is 1.22. The van der Waals surface area contributed by atoms with Crippen LogP contribution in [0.4, 0.5) is 0 Å². The van der Waals surface area contributed by atoms with Crippen LogP contribution in [0.2, 0.25) is 0 Å². The largest absolute Gasteiger partial charge is 0.484 e. The number of ether oxygens (including phenoxy) is 1. The zero-order valence-corrected chi connectivity index (χ0v) is 26.0. The molecule has 4 aliphatic rings. The fourth-order valence-corrected chi connectivity index (χ4v) is 8.58. The van der Waals surface area contributed by atoms with E-state index in [0.717, 1.165) is 38.7 Å². The molecule has 0 radical (unpaired) electrons. The molecule has 0 N–H and O–H groups in total. The Morgan fingerprint density at radius 1 is 0.804 bits per heavy atom. The Labute approximate surface area is 268 Å². The zero-order chi connectivity index (χ0) is 31.4. The predicted molar refractivity (Wildman–Crippen MR) is 183 cm³/mol. The lowest BCUT2D eigenvalue weighted by Gasteiger charge is -2.34. The first kappa shape index (κ1) is 26.8. The summed E-state index contributed by atoms with van der Waals surface area (Å²) < 4.78 is 9.18. The molecule has 1 aromatic heterocycles. The third-order valence-corrected chi connectivity index (χ3v) is 10.9. The Hall–Kier alpha value is -5.58. The molecule has 9 rings (SSSR count). The highest BCUT2D eigenvalue weighted by molar-refractivity contribution is 6.08. The van der Waals surface area contributed by atoms with E-state index >= 15 is 0 Å². The van der Waals surface area contributed by atoms with E-state index in [0.29, 0.717) is 5.56 Å². The van der Waals surface area contributed by atoms with E-state index in [1.54, 1.807) is 0 Å². The second-order valence-electron chi connectivity index (χ2n) is 13.7. The molecule has 1 aliphatic heterocycles. The summed E-state index contributed by atoms with van der Waals surface area (Å²) in [6, 6.07) is 32.1. The van der Waals surface area contributed by atoms with Gasteiger partial charge in [0.25, 0.3) is 0 Å². The van der Waals surface area contributed by atoms with Crippen molar-refractivity contribution in [2.45, 2.75) is 43.7 Å². The number of hydrogen-bond acceptors (Lipinski definition) is 3. The molecule has 2 heterocycles. The van der Waals surface area contributed by atoms with Gasteiger partial charge in [0.15, 0.2) is 0 Å². The van der Waals surface area contributed by atoms with Crippen LogP contribution in [0.5, 0.6) is 5.75 Å². The van der Waals surface area contributed by atoms with Crippen molar-refractivity contribution in [2.24, 2.45) is 5.92 Å². The number of nitriles is 2. The topological polar surface area (TPSA) is 61.7 Å². The standard InChI is InChI=1S/C42H31N3O/c1-41(2)32-13-6-4-11-30(32)38-33(41)17-18-34-40(38)46-37-20-16-26(22-42(34,37)3)28-12-8-9-27(24-44)39(28)45-35-14-7-5-10-29(35)31-21-25(23-43)15-19-36(31)45/h4-22,27,37,39H,1-3H3. The summed E-state index contributed by atoms with van der Waals surface area (Å²) in [6.07, 6.45) is 12.8. The molecule has 0 amide bonds. The summed E-state index contributed by atoms with van der Waals surface area (Å²) >= 11 is 0. The number of allylic oxidation sites excluding steroid dienone is 6. The molecule has 0 saturated heterocycles. The van der Waals surface area contributed by atoms with Crippen LogP contribution in [0.3, 0.4) is 0 Å². The first-order valence-corrected chi connectivity index (χ1v) is 15.9. The average molecular weight is 594 g/mol. The van der Waals surface area contributed by atoms with Crippen LogP contribution < -0.4 is 4.74 Å². The lowest BCUT2D eigenvalue weighted by Crippen LogP contribution is -2.34. The second kappa shape index (κ2) is 9.23. The van der Waals surface area contributed by atoms with Crippen molar-refractivity contribution in [3.05, 3.63) is 149 Å². The minimum Gasteiger partial charge on any atom is -0.484 e. The number of para-hydroxylation sites is 1. The van der Waals surface area contributed by atoms with Crippen molar-refractivity contribution < 1.29 is 4.74 Å². The number of aromatic nitrogens is 1. The van der Waals surface area contributed by atoms with Crippen LogP contribution in [-0.4, -0.2) is 10.7 Å². The van der Waals surface area contributed by atoms with Crippen LogP contribution in [0, 0.1) is 28.6 Å². The Morgan fingerprint density at radius 3 is 2.43 bits per heavy atom. The van der Waals surface area contributed by atoms with E-state index < -0.39 is 0 Å². The molecule has 0 bridgehead atoms. The van der Waals surface area contributed by atoms with Gasteiger partial charge in [-0.05, 0) is 65.1 Å². The maximum atomic E-state index is 10.5. The average Bonchev–Trinajstić information content (AvgIpc) is 3.66. The second-order valence-corrected chi connectivity index (χ2v) is 13.7. The van der Waals surface area contributed by atoms with Crippen molar-refractivity contribution in [3.63, 3.8) is 0 Å². The molecular weight excluding hydrogens is 562 g/mol. The molecule has 4 nitrogen and oxygen atoms in total. The summed E-state index contributed by atoms with van der Waals surface area (Å²) in [6.45, 7) is 6.89. The van der Waals surface area contributed by atoms with Crippen molar-refractivity contribution in [1.82, 2.24) is 4.57 Å². The van der Waals surface area contributed by atoms with Crippen molar-refractivity contribution in [3.8, 4) is 29.0 Å². The van der Waals surface area contributed by atoms with Gasteiger partial charge in [0.05, 0.1) is 35.1 Å². The first-order valence-electron chi connectivity index (χ1n) is 15.9. The van der Waals surface area contributed by atoms with Crippen molar-refractivity contribution in [1.29, 1.82) is 10.5 Å². The summed E-state index contributed by atoms with van der Waals surface area (Å²) in [5.41, 5.74) is 10.8.